The minimum atomic E-state index is -0.514. The highest BCUT2D eigenvalue weighted by atomic mass is 32.1. The largest absolute Gasteiger partial charge is 0.496 e. The normalized spacial score (nSPS) is 21.2. The Balaban J connectivity index is 1.80. The van der Waals surface area contributed by atoms with Gasteiger partial charge in [-0.05, 0) is 75.2 Å². The molecule has 33 heavy (non-hydrogen) atoms. The fourth-order valence-corrected chi connectivity index (χ4v) is 4.92. The number of carbonyl (C=O) groups excluding carboxylic acids is 2. The van der Waals surface area contributed by atoms with Gasteiger partial charge in [0.15, 0.2) is 5.11 Å². The molecular formula is C26H29N3O3S. The number of aryl methyl sites for hydroxylation is 1. The maximum Gasteiger partial charge on any atom is 0.270 e. The number of nitrogens with zero attached hydrogens (tertiary/aromatic N) is 2. The van der Waals surface area contributed by atoms with Crippen LogP contribution in [0.1, 0.15) is 49.8 Å². The summed E-state index contributed by atoms with van der Waals surface area (Å²) >= 11 is 5.31. The molecule has 2 aliphatic rings. The molecule has 172 valence electrons. The fraction of sp³-hybridized carbons (Fsp3) is 0.346. The molecule has 7 heteroatoms. The predicted octanol–water partition coefficient (Wildman–Crippen LogP) is 4.56. The van der Waals surface area contributed by atoms with Crippen molar-refractivity contribution in [1.82, 2.24) is 5.32 Å². The molecule has 1 atom stereocenters. The maximum absolute atomic E-state index is 13.4. The number of ether oxygens (including phenoxy) is 1. The minimum absolute atomic E-state index is 0.0135. The summed E-state index contributed by atoms with van der Waals surface area (Å²) < 4.78 is 5.67. The van der Waals surface area contributed by atoms with Crippen molar-refractivity contribution >= 4 is 46.6 Å². The first-order valence-electron chi connectivity index (χ1n) is 11.0. The molecule has 2 heterocycles. The molecule has 4 rings (SSSR count). The lowest BCUT2D eigenvalue weighted by molar-refractivity contribution is -0.122. The average molecular weight is 464 g/mol. The molecule has 6 nitrogen and oxygen atoms in total. The van der Waals surface area contributed by atoms with Gasteiger partial charge in [-0.2, -0.15) is 0 Å². The monoisotopic (exact) mass is 463 g/mol. The third-order valence-corrected chi connectivity index (χ3v) is 6.96. The van der Waals surface area contributed by atoms with Crippen molar-refractivity contribution in [1.29, 1.82) is 0 Å². The van der Waals surface area contributed by atoms with E-state index in [9.17, 15) is 9.59 Å². The number of methoxy groups -OCH3 is 1. The molecule has 2 aliphatic heterocycles. The van der Waals surface area contributed by atoms with E-state index in [-0.39, 0.29) is 16.2 Å². The molecule has 1 fully saturated rings. The Morgan fingerprint density at radius 2 is 1.85 bits per heavy atom. The highest BCUT2D eigenvalue weighted by molar-refractivity contribution is 7.80. The zero-order valence-electron chi connectivity index (χ0n) is 19.9. The highest BCUT2D eigenvalue weighted by Crippen LogP contribution is 2.45. The van der Waals surface area contributed by atoms with E-state index >= 15 is 0 Å². The van der Waals surface area contributed by atoms with Crippen LogP contribution in [-0.4, -0.2) is 36.6 Å². The van der Waals surface area contributed by atoms with Crippen LogP contribution in [0, 0.1) is 6.92 Å². The van der Waals surface area contributed by atoms with Crippen LogP contribution in [0.2, 0.25) is 0 Å². The zero-order chi connectivity index (χ0) is 24.1. The van der Waals surface area contributed by atoms with Crippen molar-refractivity contribution in [3.8, 4) is 5.75 Å². The Hall–Kier alpha value is -3.19. The SMILES string of the molecule is COc1cc2c(cc1/C=C1/C(=O)NC(=S)N(c3ccc(C)cc3)C1=O)C(C)CC(C)(C)N2C. The Morgan fingerprint density at radius 3 is 2.48 bits per heavy atom. The number of nitrogens with one attached hydrogen (secondary N) is 1. The van der Waals surface area contributed by atoms with Crippen LogP contribution in [-0.2, 0) is 9.59 Å². The van der Waals surface area contributed by atoms with Crippen molar-refractivity contribution < 1.29 is 14.3 Å². The topological polar surface area (TPSA) is 61.9 Å². The van der Waals surface area contributed by atoms with Gasteiger partial charge >= 0.3 is 0 Å². The van der Waals surface area contributed by atoms with E-state index in [2.05, 4.69) is 38.0 Å². The molecular weight excluding hydrogens is 434 g/mol. The number of benzene rings is 2. The van der Waals surface area contributed by atoms with Gasteiger partial charge in [-0.3, -0.25) is 19.8 Å². The Labute approximate surface area is 200 Å². The minimum Gasteiger partial charge on any atom is -0.496 e. The van der Waals surface area contributed by atoms with E-state index < -0.39 is 11.8 Å². The lowest BCUT2D eigenvalue weighted by Gasteiger charge is -2.45. The van der Waals surface area contributed by atoms with Crippen molar-refractivity contribution in [2.75, 3.05) is 24.0 Å². The van der Waals surface area contributed by atoms with Crippen LogP contribution < -0.4 is 19.9 Å². The van der Waals surface area contributed by atoms with Crippen molar-refractivity contribution in [2.45, 2.75) is 45.6 Å². The van der Waals surface area contributed by atoms with E-state index in [4.69, 9.17) is 17.0 Å². The first-order valence-corrected chi connectivity index (χ1v) is 11.4. The number of rotatable bonds is 3. The fourth-order valence-electron chi connectivity index (χ4n) is 4.64. The molecule has 2 aromatic rings. The molecule has 1 N–H and O–H groups in total. The summed E-state index contributed by atoms with van der Waals surface area (Å²) in [6.45, 7) is 8.62. The first kappa shape index (κ1) is 23.0. The van der Waals surface area contributed by atoms with Gasteiger partial charge in [-0.1, -0.05) is 24.6 Å². The van der Waals surface area contributed by atoms with Gasteiger partial charge in [0.1, 0.15) is 11.3 Å². The smallest absolute Gasteiger partial charge is 0.270 e. The van der Waals surface area contributed by atoms with E-state index in [1.54, 1.807) is 13.2 Å². The van der Waals surface area contributed by atoms with Gasteiger partial charge in [0.05, 0.1) is 12.8 Å². The number of fused-ring (bicyclic) bond motifs is 1. The molecule has 0 radical (unpaired) electrons. The molecule has 0 aliphatic carbocycles. The van der Waals surface area contributed by atoms with Crippen molar-refractivity contribution in [3.63, 3.8) is 0 Å². The van der Waals surface area contributed by atoms with E-state index in [0.717, 1.165) is 17.7 Å². The second kappa shape index (κ2) is 8.30. The third-order valence-electron chi connectivity index (χ3n) is 6.68. The molecule has 1 saturated heterocycles. The van der Waals surface area contributed by atoms with E-state index in [1.165, 1.54) is 10.5 Å². The summed E-state index contributed by atoms with van der Waals surface area (Å²) in [6, 6.07) is 11.4. The van der Waals surface area contributed by atoms with Gasteiger partial charge < -0.3 is 9.64 Å². The molecule has 0 aromatic heterocycles. The summed E-state index contributed by atoms with van der Waals surface area (Å²) in [7, 11) is 3.68. The van der Waals surface area contributed by atoms with Crippen LogP contribution in [0.25, 0.3) is 6.08 Å². The summed E-state index contributed by atoms with van der Waals surface area (Å²) in [5, 5.41) is 2.72. The molecule has 2 aromatic carbocycles. The van der Waals surface area contributed by atoms with Crippen LogP contribution in [0.15, 0.2) is 42.0 Å². The number of anilines is 2. The van der Waals surface area contributed by atoms with Crippen molar-refractivity contribution in [2.24, 2.45) is 0 Å². The number of carbonyl (C=O) groups is 2. The van der Waals surface area contributed by atoms with Crippen molar-refractivity contribution in [3.05, 3.63) is 58.7 Å². The lowest BCUT2D eigenvalue weighted by Crippen LogP contribution is -2.54. The molecule has 0 spiro atoms. The van der Waals surface area contributed by atoms with Crippen LogP contribution in [0.4, 0.5) is 11.4 Å². The average Bonchev–Trinajstić information content (AvgIpc) is 2.75. The maximum atomic E-state index is 13.4. The summed E-state index contributed by atoms with van der Waals surface area (Å²) in [4.78, 5) is 29.8. The standard InChI is InChI=1S/C26H29N3O3S/c1-15-7-9-18(10-8-15)29-24(31)20(23(30)27-25(29)33)12-17-11-19-16(2)14-26(3,4)28(5)21(19)13-22(17)32-6/h7-13,16H,14H2,1-6H3,(H,27,30,33)/b20-12-. The quantitative estimate of drug-likeness (QED) is 0.411. The Morgan fingerprint density at radius 1 is 1.18 bits per heavy atom. The van der Waals surface area contributed by atoms with Gasteiger partial charge in [0.2, 0.25) is 0 Å². The number of thiocarbonyl (C=S) groups is 1. The highest BCUT2D eigenvalue weighted by Gasteiger charge is 2.37. The van der Waals surface area contributed by atoms with Gasteiger partial charge in [-0.25, -0.2) is 0 Å². The zero-order valence-corrected chi connectivity index (χ0v) is 20.7. The summed E-state index contributed by atoms with van der Waals surface area (Å²) in [5.74, 6) is -0.0477. The number of hydrogen-bond acceptors (Lipinski definition) is 5. The number of amides is 2. The molecule has 2 amide bonds. The van der Waals surface area contributed by atoms with E-state index in [0.29, 0.717) is 22.9 Å². The van der Waals surface area contributed by atoms with Gasteiger partial charge in [0, 0.05) is 29.9 Å². The summed E-state index contributed by atoms with van der Waals surface area (Å²) in [5.41, 5.74) is 4.65. The molecule has 1 unspecified atom stereocenters. The number of hydrogen-bond donors (Lipinski definition) is 1. The van der Waals surface area contributed by atoms with Crippen LogP contribution in [0.5, 0.6) is 5.75 Å². The second-order valence-corrected chi connectivity index (χ2v) is 9.81. The van der Waals surface area contributed by atoms with E-state index in [1.807, 2.05) is 43.3 Å². The molecule has 0 bridgehead atoms. The summed E-state index contributed by atoms with van der Waals surface area (Å²) in [6.07, 6.45) is 2.60. The van der Waals surface area contributed by atoms with Gasteiger partial charge in [0.25, 0.3) is 11.8 Å². The van der Waals surface area contributed by atoms with Gasteiger partial charge in [-0.15, -0.1) is 0 Å². The van der Waals surface area contributed by atoms with Crippen LogP contribution >= 0.6 is 12.2 Å². The molecule has 0 saturated carbocycles. The second-order valence-electron chi connectivity index (χ2n) is 9.42. The lowest BCUT2D eigenvalue weighted by atomic mass is 9.79. The predicted molar refractivity (Wildman–Crippen MR) is 136 cm³/mol. The van der Waals surface area contributed by atoms with Crippen LogP contribution in [0.3, 0.4) is 0 Å². The third kappa shape index (κ3) is 4.02. The Kier molecular flexibility index (Phi) is 5.78. The Bertz CT molecular complexity index is 1180. The first-order chi connectivity index (χ1) is 15.5.